The van der Waals surface area contributed by atoms with E-state index in [4.69, 9.17) is 11.6 Å². The number of nitrogens with one attached hydrogen (secondary N) is 1. The quantitative estimate of drug-likeness (QED) is 0.496. The highest BCUT2D eigenvalue weighted by Gasteiger charge is 2.17. The minimum atomic E-state index is -0.197. The fraction of sp³-hybridized carbons (Fsp3) is 0.150. The van der Waals surface area contributed by atoms with Crippen LogP contribution in [-0.2, 0) is 13.0 Å². The molecule has 1 N–H and O–H groups in total. The summed E-state index contributed by atoms with van der Waals surface area (Å²) in [4.78, 5) is 19.9. The van der Waals surface area contributed by atoms with Gasteiger partial charge in [-0.15, -0.1) is 10.2 Å². The van der Waals surface area contributed by atoms with Gasteiger partial charge in [-0.2, -0.15) is 5.10 Å². The lowest BCUT2D eigenvalue weighted by molar-refractivity contribution is 0.664. The molecule has 0 radical (unpaired) electrons. The second-order valence-corrected chi connectivity index (χ2v) is 7.21. The largest absolute Gasteiger partial charge is 0.348 e. The molecule has 1 aromatic carbocycles. The fourth-order valence-corrected chi connectivity index (χ4v) is 3.61. The summed E-state index contributed by atoms with van der Waals surface area (Å²) in [5.74, 6) is 0. The number of pyridine rings is 1. The van der Waals surface area contributed by atoms with Crippen LogP contribution in [0.5, 0.6) is 0 Å². The van der Waals surface area contributed by atoms with Crippen molar-refractivity contribution in [3.05, 3.63) is 75.8 Å². The molecule has 5 aromatic rings. The summed E-state index contributed by atoms with van der Waals surface area (Å²) in [6.07, 6.45) is 5.81. The van der Waals surface area contributed by atoms with Crippen molar-refractivity contribution < 1.29 is 0 Å². The number of halogens is 1. The molecule has 0 saturated heterocycles. The number of aryl methyl sites for hydroxylation is 3. The molecule has 0 fully saturated rings. The second-order valence-electron chi connectivity index (χ2n) is 6.78. The van der Waals surface area contributed by atoms with Gasteiger partial charge in [-0.3, -0.25) is 4.79 Å². The van der Waals surface area contributed by atoms with Gasteiger partial charge in [-0.1, -0.05) is 23.7 Å². The Balaban J connectivity index is 1.62. The topological polar surface area (TPSA) is 93.8 Å². The highest BCUT2D eigenvalue weighted by molar-refractivity contribution is 6.30. The number of rotatable bonds is 4. The SMILES string of the molecule is Cc1nn2c(nnc3c(=O)n(CCc4cnc[nH]4)ccc32)c1-c1ccc(Cl)cc1. The summed E-state index contributed by atoms with van der Waals surface area (Å²) in [6.45, 7) is 2.43. The maximum Gasteiger partial charge on any atom is 0.280 e. The van der Waals surface area contributed by atoms with E-state index in [1.165, 1.54) is 0 Å². The van der Waals surface area contributed by atoms with E-state index in [-0.39, 0.29) is 11.1 Å². The number of aromatic nitrogens is 7. The van der Waals surface area contributed by atoms with Gasteiger partial charge in [0.15, 0.2) is 11.2 Å². The number of aromatic amines is 1. The first kappa shape index (κ1) is 17.6. The summed E-state index contributed by atoms with van der Waals surface area (Å²) < 4.78 is 3.31. The number of nitrogens with zero attached hydrogens (tertiary/aromatic N) is 6. The smallest absolute Gasteiger partial charge is 0.280 e. The number of imidazole rings is 1. The van der Waals surface area contributed by atoms with Crippen LogP contribution in [0, 0.1) is 6.92 Å². The highest BCUT2D eigenvalue weighted by atomic mass is 35.5. The molecule has 144 valence electrons. The van der Waals surface area contributed by atoms with Crippen molar-refractivity contribution in [2.24, 2.45) is 0 Å². The van der Waals surface area contributed by atoms with Gasteiger partial charge in [0.25, 0.3) is 5.56 Å². The Bertz CT molecular complexity index is 1380. The van der Waals surface area contributed by atoms with Crippen LogP contribution in [0.3, 0.4) is 0 Å². The molecule has 4 heterocycles. The van der Waals surface area contributed by atoms with Gasteiger partial charge in [-0.25, -0.2) is 9.50 Å². The Labute approximate surface area is 169 Å². The average molecular weight is 406 g/mol. The van der Waals surface area contributed by atoms with Gasteiger partial charge in [-0.05, 0) is 30.7 Å². The predicted molar refractivity (Wildman–Crippen MR) is 110 cm³/mol. The van der Waals surface area contributed by atoms with E-state index in [9.17, 15) is 4.79 Å². The Morgan fingerprint density at radius 2 is 1.97 bits per heavy atom. The zero-order chi connectivity index (χ0) is 20.0. The zero-order valence-corrected chi connectivity index (χ0v) is 16.3. The minimum Gasteiger partial charge on any atom is -0.348 e. The Morgan fingerprint density at radius 1 is 1.14 bits per heavy atom. The van der Waals surface area contributed by atoms with Crippen molar-refractivity contribution in [2.75, 3.05) is 0 Å². The molecule has 0 amide bonds. The van der Waals surface area contributed by atoms with Crippen LogP contribution in [0.1, 0.15) is 11.4 Å². The third kappa shape index (κ3) is 2.98. The molecule has 9 heteroatoms. The molecule has 0 spiro atoms. The highest BCUT2D eigenvalue weighted by Crippen LogP contribution is 2.28. The van der Waals surface area contributed by atoms with Gasteiger partial charge in [0.1, 0.15) is 5.52 Å². The lowest BCUT2D eigenvalue weighted by atomic mass is 10.1. The summed E-state index contributed by atoms with van der Waals surface area (Å²) in [6, 6.07) is 9.35. The van der Waals surface area contributed by atoms with Crippen LogP contribution < -0.4 is 5.56 Å². The van der Waals surface area contributed by atoms with Gasteiger partial charge >= 0.3 is 0 Å². The Kier molecular flexibility index (Phi) is 4.13. The molecule has 0 bridgehead atoms. The van der Waals surface area contributed by atoms with Crippen molar-refractivity contribution in [1.29, 1.82) is 0 Å². The van der Waals surface area contributed by atoms with E-state index in [0.717, 1.165) is 22.5 Å². The van der Waals surface area contributed by atoms with Crippen molar-refractivity contribution in [1.82, 2.24) is 34.3 Å². The van der Waals surface area contributed by atoms with Crippen molar-refractivity contribution >= 4 is 28.3 Å². The van der Waals surface area contributed by atoms with Crippen molar-refractivity contribution in [3.63, 3.8) is 0 Å². The molecule has 5 rings (SSSR count). The molecule has 29 heavy (non-hydrogen) atoms. The first-order valence-electron chi connectivity index (χ1n) is 9.10. The molecular formula is C20H16ClN7O. The molecule has 0 aliphatic carbocycles. The fourth-order valence-electron chi connectivity index (χ4n) is 3.48. The number of benzene rings is 1. The lowest BCUT2D eigenvalue weighted by Crippen LogP contribution is -2.22. The second kappa shape index (κ2) is 6.82. The van der Waals surface area contributed by atoms with Crippen molar-refractivity contribution in [3.8, 4) is 11.1 Å². The van der Waals surface area contributed by atoms with Crippen LogP contribution in [0.4, 0.5) is 0 Å². The van der Waals surface area contributed by atoms with Crippen LogP contribution in [0.2, 0.25) is 5.02 Å². The summed E-state index contributed by atoms with van der Waals surface area (Å²) >= 11 is 6.01. The van der Waals surface area contributed by atoms with E-state index >= 15 is 0 Å². The molecule has 8 nitrogen and oxygen atoms in total. The van der Waals surface area contributed by atoms with Crippen LogP contribution >= 0.6 is 11.6 Å². The van der Waals surface area contributed by atoms with E-state index < -0.39 is 0 Å². The Hall–Kier alpha value is -3.52. The molecule has 0 saturated carbocycles. The van der Waals surface area contributed by atoms with E-state index in [0.29, 0.717) is 29.2 Å². The number of H-pyrrole nitrogens is 1. The number of hydrogen-bond acceptors (Lipinski definition) is 5. The van der Waals surface area contributed by atoms with Crippen LogP contribution in [0.25, 0.3) is 27.8 Å². The third-order valence-electron chi connectivity index (χ3n) is 4.94. The van der Waals surface area contributed by atoms with E-state index in [1.54, 1.807) is 27.8 Å². The average Bonchev–Trinajstić information content (AvgIpc) is 3.35. The van der Waals surface area contributed by atoms with E-state index in [2.05, 4.69) is 25.3 Å². The monoisotopic (exact) mass is 405 g/mol. The molecule has 0 unspecified atom stereocenters. The predicted octanol–water partition coefficient (Wildman–Crippen LogP) is 3.03. The van der Waals surface area contributed by atoms with E-state index in [1.807, 2.05) is 37.3 Å². The maximum absolute atomic E-state index is 12.9. The molecule has 0 aliphatic heterocycles. The van der Waals surface area contributed by atoms with Crippen LogP contribution in [0.15, 0.2) is 53.8 Å². The molecule has 4 aromatic heterocycles. The normalized spacial score (nSPS) is 11.5. The third-order valence-corrected chi connectivity index (χ3v) is 5.19. The minimum absolute atomic E-state index is 0.197. The van der Waals surface area contributed by atoms with Gasteiger partial charge in [0.05, 0.1) is 17.6 Å². The number of fused-ring (bicyclic) bond motifs is 3. The molecule has 0 aliphatic rings. The van der Waals surface area contributed by atoms with Gasteiger partial charge < -0.3 is 9.55 Å². The molecule has 0 atom stereocenters. The summed E-state index contributed by atoms with van der Waals surface area (Å²) in [5, 5.41) is 13.8. The first-order chi connectivity index (χ1) is 14.1. The summed E-state index contributed by atoms with van der Waals surface area (Å²) in [7, 11) is 0. The lowest BCUT2D eigenvalue weighted by Gasteiger charge is -2.07. The van der Waals surface area contributed by atoms with Gasteiger partial charge in [0, 0.05) is 36.1 Å². The van der Waals surface area contributed by atoms with Crippen LogP contribution in [-0.4, -0.2) is 34.3 Å². The first-order valence-corrected chi connectivity index (χ1v) is 9.48. The Morgan fingerprint density at radius 3 is 2.72 bits per heavy atom. The molecular weight excluding hydrogens is 390 g/mol. The van der Waals surface area contributed by atoms with Crippen molar-refractivity contribution in [2.45, 2.75) is 19.9 Å². The van der Waals surface area contributed by atoms with Gasteiger partial charge in [0.2, 0.25) is 0 Å². The zero-order valence-electron chi connectivity index (χ0n) is 15.5. The standard InChI is InChI=1S/C20H16ClN7O/c1-12-17(13-2-4-14(21)5-3-13)19-25-24-18-16(28(19)26-12)7-9-27(20(18)29)8-6-15-10-22-11-23-15/h2-5,7,9-11H,6,8H2,1H3,(H,22,23). The maximum atomic E-state index is 12.9. The summed E-state index contributed by atoms with van der Waals surface area (Å²) in [5.41, 5.74) is 4.91. The number of hydrogen-bond donors (Lipinski definition) is 1.